The van der Waals surface area contributed by atoms with Crippen molar-refractivity contribution in [2.24, 2.45) is 0 Å². The van der Waals surface area contributed by atoms with Gasteiger partial charge in [-0.25, -0.2) is 0 Å². The van der Waals surface area contributed by atoms with Crippen molar-refractivity contribution < 1.29 is 8.85 Å². The van der Waals surface area contributed by atoms with E-state index in [0.717, 1.165) is 6.61 Å². The maximum atomic E-state index is 6.05. The topological polar surface area (TPSA) is 18.5 Å². The Kier molecular flexibility index (Phi) is 6.71. The van der Waals surface area contributed by atoms with Crippen LogP contribution in [0.1, 0.15) is 64.7 Å². The Balaban J connectivity index is 2.00. The first-order valence-corrected chi connectivity index (χ1v) is 11.2. The summed E-state index contributed by atoms with van der Waals surface area (Å²) < 4.78 is 11.9. The molecule has 120 valence electrons. The third-order valence-corrected chi connectivity index (χ3v) is 8.93. The molecule has 0 aromatic carbocycles. The molecular formula is C18H32O2Si. The molecule has 0 heterocycles. The molecule has 0 spiro atoms. The van der Waals surface area contributed by atoms with E-state index in [4.69, 9.17) is 8.85 Å². The molecule has 0 amide bonds. The van der Waals surface area contributed by atoms with Gasteiger partial charge in [0.05, 0.1) is 0 Å². The second-order valence-electron chi connectivity index (χ2n) is 6.52. The van der Waals surface area contributed by atoms with Crippen LogP contribution in [-0.2, 0) is 8.85 Å². The molecule has 0 saturated heterocycles. The lowest BCUT2D eigenvalue weighted by atomic mass is 9.97. The molecule has 0 aromatic rings. The van der Waals surface area contributed by atoms with Crippen LogP contribution in [-0.4, -0.2) is 22.3 Å². The van der Waals surface area contributed by atoms with E-state index in [2.05, 4.69) is 25.6 Å². The van der Waals surface area contributed by atoms with Crippen molar-refractivity contribution >= 4 is 8.56 Å². The standard InChI is InChI=1S/C18H32O2Si/c1-4-20-21(3,19-2)18-13-9-12-17(14-15-18)16-10-7-5-6-8-11-16/h10,12,18H,4-9,11,13-15H2,1-3H3. The van der Waals surface area contributed by atoms with Crippen LogP contribution >= 0.6 is 0 Å². The zero-order valence-electron chi connectivity index (χ0n) is 14.1. The first-order chi connectivity index (χ1) is 10.2. The Labute approximate surface area is 131 Å². The summed E-state index contributed by atoms with van der Waals surface area (Å²) in [5.41, 5.74) is 3.90. The normalized spacial score (nSPS) is 27.1. The molecule has 0 fully saturated rings. The lowest BCUT2D eigenvalue weighted by Gasteiger charge is -2.32. The van der Waals surface area contributed by atoms with Crippen molar-refractivity contribution in [2.45, 2.75) is 76.8 Å². The van der Waals surface area contributed by atoms with Gasteiger partial charge in [0.15, 0.2) is 0 Å². The molecule has 0 aromatic heterocycles. The Hall–Kier alpha value is -0.383. The first kappa shape index (κ1) is 17.0. The van der Waals surface area contributed by atoms with Gasteiger partial charge in [-0.3, -0.25) is 0 Å². The van der Waals surface area contributed by atoms with E-state index in [1.54, 1.807) is 11.1 Å². The van der Waals surface area contributed by atoms with Crippen molar-refractivity contribution in [1.82, 2.24) is 0 Å². The molecule has 2 unspecified atom stereocenters. The highest BCUT2D eigenvalue weighted by atomic mass is 28.4. The zero-order chi connectivity index (χ0) is 15.1. The fourth-order valence-corrected chi connectivity index (χ4v) is 6.41. The lowest BCUT2D eigenvalue weighted by molar-refractivity contribution is 0.200. The van der Waals surface area contributed by atoms with Crippen LogP contribution in [0.2, 0.25) is 12.1 Å². The number of allylic oxidation sites excluding steroid dienone is 4. The van der Waals surface area contributed by atoms with Gasteiger partial charge in [0.1, 0.15) is 0 Å². The van der Waals surface area contributed by atoms with Crippen LogP contribution in [0.15, 0.2) is 23.3 Å². The van der Waals surface area contributed by atoms with Crippen LogP contribution in [0.5, 0.6) is 0 Å². The summed E-state index contributed by atoms with van der Waals surface area (Å²) in [4.78, 5) is 0. The third kappa shape index (κ3) is 4.54. The second-order valence-corrected chi connectivity index (χ2v) is 10.1. The van der Waals surface area contributed by atoms with E-state index < -0.39 is 8.56 Å². The number of rotatable bonds is 5. The van der Waals surface area contributed by atoms with E-state index in [1.165, 1.54) is 57.8 Å². The summed E-state index contributed by atoms with van der Waals surface area (Å²) in [6, 6.07) is 0. The number of hydrogen-bond donors (Lipinski definition) is 0. The molecule has 21 heavy (non-hydrogen) atoms. The van der Waals surface area contributed by atoms with Crippen molar-refractivity contribution in [3.8, 4) is 0 Å². The van der Waals surface area contributed by atoms with Crippen molar-refractivity contribution in [3.05, 3.63) is 23.3 Å². The maximum absolute atomic E-state index is 6.05. The highest BCUT2D eigenvalue weighted by molar-refractivity contribution is 6.67. The maximum Gasteiger partial charge on any atom is 0.337 e. The minimum Gasteiger partial charge on any atom is -0.398 e. The molecule has 2 aliphatic rings. The van der Waals surface area contributed by atoms with Gasteiger partial charge in [0.25, 0.3) is 0 Å². The largest absolute Gasteiger partial charge is 0.398 e. The quantitative estimate of drug-likeness (QED) is 0.624. The molecule has 0 N–H and O–H groups in total. The zero-order valence-corrected chi connectivity index (χ0v) is 15.1. The van der Waals surface area contributed by atoms with E-state index in [-0.39, 0.29) is 0 Å². The van der Waals surface area contributed by atoms with Crippen molar-refractivity contribution in [1.29, 1.82) is 0 Å². The number of hydrogen-bond acceptors (Lipinski definition) is 2. The molecule has 2 nitrogen and oxygen atoms in total. The monoisotopic (exact) mass is 308 g/mol. The fourth-order valence-electron chi connectivity index (χ4n) is 3.79. The van der Waals surface area contributed by atoms with E-state index >= 15 is 0 Å². The lowest BCUT2D eigenvalue weighted by Crippen LogP contribution is -2.42. The molecule has 0 saturated carbocycles. The predicted molar refractivity (Wildman–Crippen MR) is 91.7 cm³/mol. The van der Waals surface area contributed by atoms with Gasteiger partial charge in [-0.15, -0.1) is 0 Å². The molecule has 0 radical (unpaired) electrons. The average Bonchev–Trinajstić information content (AvgIpc) is 2.90. The van der Waals surface area contributed by atoms with Gasteiger partial charge >= 0.3 is 8.56 Å². The van der Waals surface area contributed by atoms with Gasteiger partial charge in [0, 0.05) is 19.3 Å². The minimum atomic E-state index is -2.00. The SMILES string of the molecule is CCO[Si](C)(OC)C1CCC=C(C2=CCCCCC2)CC1. The first-order valence-electron chi connectivity index (χ1n) is 8.77. The Bertz CT molecular complexity index is 389. The highest BCUT2D eigenvalue weighted by Crippen LogP contribution is 2.39. The smallest absolute Gasteiger partial charge is 0.337 e. The Morgan fingerprint density at radius 1 is 1.05 bits per heavy atom. The van der Waals surface area contributed by atoms with Gasteiger partial charge in [-0.05, 0) is 76.0 Å². The van der Waals surface area contributed by atoms with Crippen LogP contribution in [0.25, 0.3) is 0 Å². The van der Waals surface area contributed by atoms with Crippen LogP contribution in [0, 0.1) is 0 Å². The predicted octanol–water partition coefficient (Wildman–Crippen LogP) is 5.50. The Morgan fingerprint density at radius 3 is 2.57 bits per heavy atom. The molecule has 2 aliphatic carbocycles. The Morgan fingerprint density at radius 2 is 1.81 bits per heavy atom. The van der Waals surface area contributed by atoms with Gasteiger partial charge in [-0.2, -0.15) is 0 Å². The van der Waals surface area contributed by atoms with Crippen LogP contribution < -0.4 is 0 Å². The molecule has 2 atom stereocenters. The van der Waals surface area contributed by atoms with E-state index in [1.807, 2.05) is 7.11 Å². The van der Waals surface area contributed by atoms with Gasteiger partial charge in [-0.1, -0.05) is 18.6 Å². The van der Waals surface area contributed by atoms with Gasteiger partial charge in [0.2, 0.25) is 0 Å². The summed E-state index contributed by atoms with van der Waals surface area (Å²) >= 11 is 0. The minimum absolute atomic E-state index is 0.627. The van der Waals surface area contributed by atoms with Crippen LogP contribution in [0.4, 0.5) is 0 Å². The van der Waals surface area contributed by atoms with Crippen molar-refractivity contribution in [2.75, 3.05) is 13.7 Å². The average molecular weight is 309 g/mol. The summed E-state index contributed by atoms with van der Waals surface area (Å²) in [6.45, 7) is 5.11. The van der Waals surface area contributed by atoms with Crippen molar-refractivity contribution in [3.63, 3.8) is 0 Å². The fraction of sp³-hybridized carbons (Fsp3) is 0.778. The summed E-state index contributed by atoms with van der Waals surface area (Å²) in [5, 5.41) is 0. The van der Waals surface area contributed by atoms with Crippen LogP contribution in [0.3, 0.4) is 0 Å². The van der Waals surface area contributed by atoms with Gasteiger partial charge < -0.3 is 8.85 Å². The molecule has 0 bridgehead atoms. The molecular weight excluding hydrogens is 276 g/mol. The van der Waals surface area contributed by atoms with E-state index in [9.17, 15) is 0 Å². The molecule has 0 aliphatic heterocycles. The highest BCUT2D eigenvalue weighted by Gasteiger charge is 2.40. The second kappa shape index (κ2) is 8.30. The third-order valence-electron chi connectivity index (χ3n) is 5.20. The summed E-state index contributed by atoms with van der Waals surface area (Å²) in [5.74, 6) is 0. The summed E-state index contributed by atoms with van der Waals surface area (Å²) in [7, 11) is -0.154. The van der Waals surface area contributed by atoms with E-state index in [0.29, 0.717) is 5.54 Å². The molecule has 2 rings (SSSR count). The summed E-state index contributed by atoms with van der Waals surface area (Å²) in [6.07, 6.45) is 16.6. The molecule has 3 heteroatoms.